The van der Waals surface area contributed by atoms with Crippen molar-refractivity contribution < 1.29 is 0 Å². The minimum absolute atomic E-state index is 1.40. The molecule has 0 fully saturated rings. The van der Waals surface area contributed by atoms with Gasteiger partial charge in [-0.2, -0.15) is 0 Å². The minimum atomic E-state index is 1.40. The van der Waals surface area contributed by atoms with Crippen LogP contribution in [0.25, 0.3) is 0 Å². The van der Waals surface area contributed by atoms with Crippen molar-refractivity contribution in [3.8, 4) is 0 Å². The third kappa shape index (κ3) is 3.70. The van der Waals surface area contributed by atoms with E-state index in [1.165, 1.54) is 11.5 Å². The van der Waals surface area contributed by atoms with Gasteiger partial charge in [-0.05, 0) is 0 Å². The Hall–Kier alpha value is -0.300. The molecule has 0 heterocycles. The van der Waals surface area contributed by atoms with Crippen LogP contribution in [0.3, 0.4) is 0 Å². The summed E-state index contributed by atoms with van der Waals surface area (Å²) >= 11 is 4.36. The maximum absolute atomic E-state index is 4.86. The first-order valence-electron chi connectivity index (χ1n) is 1.24. The van der Waals surface area contributed by atoms with Crippen molar-refractivity contribution >= 4 is 12.6 Å². The lowest BCUT2D eigenvalue weighted by Crippen LogP contribution is -1.35. The summed E-state index contributed by atoms with van der Waals surface area (Å²) in [6, 6.07) is 0. The Morgan fingerprint density at radius 3 is 2.20 bits per heavy atom. The molecule has 1 heteroatoms. The van der Waals surface area contributed by atoms with Crippen LogP contribution in [0, 0.1) is 6.58 Å². The molecule has 0 amide bonds. The Morgan fingerprint density at radius 1 is 1.60 bits per heavy atom. The molecule has 0 aliphatic heterocycles. The molecule has 0 saturated carbocycles. The normalized spacial score (nSPS) is 8.80. The summed E-state index contributed by atoms with van der Waals surface area (Å²) in [5, 5.41) is 1.46. The van der Waals surface area contributed by atoms with Gasteiger partial charge >= 0.3 is 0 Å². The van der Waals surface area contributed by atoms with Crippen LogP contribution >= 0.6 is 0 Å². The largest absolute Gasteiger partial charge is 0.806 e. The van der Waals surface area contributed by atoms with E-state index in [2.05, 4.69) is 12.6 Å². The van der Waals surface area contributed by atoms with Gasteiger partial charge < -0.3 is 12.6 Å². The van der Waals surface area contributed by atoms with E-state index in [9.17, 15) is 0 Å². The van der Waals surface area contributed by atoms with Crippen LogP contribution in [-0.4, -0.2) is 0 Å². The van der Waals surface area contributed by atoms with Crippen molar-refractivity contribution in [2.45, 2.75) is 0 Å². The van der Waals surface area contributed by atoms with Gasteiger partial charge in [0.2, 0.25) is 0 Å². The Labute approximate surface area is 37.6 Å². The molecule has 0 bridgehead atoms. The van der Waals surface area contributed by atoms with Gasteiger partial charge in [-0.15, -0.1) is 0 Å². The Bertz CT molecular complexity index is 45.6. The van der Waals surface area contributed by atoms with Crippen LogP contribution in [0.4, 0.5) is 0 Å². The second kappa shape index (κ2) is 3.70. The summed E-state index contributed by atoms with van der Waals surface area (Å²) < 4.78 is 0. The van der Waals surface area contributed by atoms with Crippen molar-refractivity contribution in [1.82, 2.24) is 0 Å². The van der Waals surface area contributed by atoms with Crippen molar-refractivity contribution in [3.63, 3.8) is 0 Å². The van der Waals surface area contributed by atoms with Gasteiger partial charge in [-0.1, -0.05) is 0 Å². The van der Waals surface area contributed by atoms with E-state index in [1.54, 1.807) is 6.08 Å². The van der Waals surface area contributed by atoms with Gasteiger partial charge in [0.25, 0.3) is 0 Å². The van der Waals surface area contributed by atoms with Gasteiger partial charge in [0.1, 0.15) is 0 Å². The van der Waals surface area contributed by atoms with E-state index >= 15 is 0 Å². The number of hydrogen-bond acceptors (Lipinski definition) is 1. The lowest BCUT2D eigenvalue weighted by molar-refractivity contribution is 2.09. The highest BCUT2D eigenvalue weighted by Gasteiger charge is 1.19. The molecule has 0 radical (unpaired) electrons. The number of allylic oxidation sites excluding steroid dienone is 2. The second-order valence-electron chi connectivity index (χ2n) is 0.521. The fourth-order valence-corrected chi connectivity index (χ4v) is 0.136. The topological polar surface area (TPSA) is 0 Å². The Kier molecular flexibility index (Phi) is 3.48. The standard InChI is InChI=1S/C4H5S/c1-2-3-4-5/h1-5H/q-1/p-1/b4-3+. The quantitative estimate of drug-likeness (QED) is 0.260. The van der Waals surface area contributed by atoms with E-state index in [0.29, 0.717) is 0 Å². The average molecular weight is 84.1 g/mol. The van der Waals surface area contributed by atoms with Crippen molar-refractivity contribution in [1.29, 1.82) is 0 Å². The van der Waals surface area contributed by atoms with Crippen molar-refractivity contribution in [2.24, 2.45) is 0 Å². The molecule has 0 rings (SSSR count). The first-order chi connectivity index (χ1) is 2.41. The second-order valence-corrected chi connectivity index (χ2v) is 0.793. The lowest BCUT2D eigenvalue weighted by atomic mass is 10.6. The summed E-state index contributed by atoms with van der Waals surface area (Å²) in [6.45, 7) is 4.86. The monoisotopic (exact) mass is 84.0 g/mol. The van der Waals surface area contributed by atoms with E-state index in [4.69, 9.17) is 6.58 Å². The zero-order valence-corrected chi connectivity index (χ0v) is 3.53. The molecular formula is C4H4S-2. The molecule has 0 atom stereocenters. The van der Waals surface area contributed by atoms with Crippen LogP contribution in [-0.2, 0) is 12.6 Å². The summed E-state index contributed by atoms with van der Waals surface area (Å²) in [5.41, 5.74) is 0. The molecule has 0 saturated heterocycles. The highest BCUT2D eigenvalue weighted by atomic mass is 32.1. The van der Waals surface area contributed by atoms with E-state index in [1.807, 2.05) is 0 Å². The molecule has 0 N–H and O–H groups in total. The zero-order chi connectivity index (χ0) is 4.12. The first-order valence-corrected chi connectivity index (χ1v) is 1.71. The number of rotatable bonds is 1. The van der Waals surface area contributed by atoms with E-state index < -0.39 is 0 Å². The molecule has 0 aromatic carbocycles. The van der Waals surface area contributed by atoms with Crippen molar-refractivity contribution in [2.75, 3.05) is 0 Å². The molecule has 0 spiro atoms. The van der Waals surface area contributed by atoms with Gasteiger partial charge in [0.15, 0.2) is 0 Å². The fourth-order valence-electron chi connectivity index (χ4n) is 0.0454. The van der Waals surface area contributed by atoms with Crippen LogP contribution in [0.5, 0.6) is 0 Å². The average Bonchev–Trinajstić information content (AvgIpc) is 1.41. The highest BCUT2D eigenvalue weighted by molar-refractivity contribution is 7.62. The van der Waals surface area contributed by atoms with Crippen LogP contribution in [0.1, 0.15) is 0 Å². The third-order valence-electron chi connectivity index (χ3n) is 0.190. The molecule has 0 aromatic heterocycles. The zero-order valence-electron chi connectivity index (χ0n) is 2.72. The van der Waals surface area contributed by atoms with Crippen LogP contribution < -0.4 is 0 Å². The molecule has 0 aromatic rings. The van der Waals surface area contributed by atoms with Crippen molar-refractivity contribution in [3.05, 3.63) is 24.1 Å². The van der Waals surface area contributed by atoms with Gasteiger partial charge in [0.05, 0.1) is 0 Å². The van der Waals surface area contributed by atoms with Gasteiger partial charge in [-0.25, -0.2) is 12.2 Å². The third-order valence-corrected chi connectivity index (χ3v) is 0.347. The van der Waals surface area contributed by atoms with Gasteiger partial charge in [-0.3, -0.25) is 12.0 Å². The lowest BCUT2D eigenvalue weighted by Gasteiger charge is -1.85. The Balaban J connectivity index is 2.92. The predicted molar refractivity (Wildman–Crippen MR) is 25.4 cm³/mol. The van der Waals surface area contributed by atoms with E-state index in [0.717, 1.165) is 0 Å². The maximum Gasteiger partial charge on any atom is -0.237 e. The molecule has 0 aliphatic carbocycles. The predicted octanol–water partition coefficient (Wildman–Crippen LogP) is 1.04. The highest BCUT2D eigenvalue weighted by Crippen LogP contribution is 1.62. The summed E-state index contributed by atoms with van der Waals surface area (Å²) in [7, 11) is 0. The SMILES string of the molecule is [CH-]=C/C=C/[S-]. The fraction of sp³-hybridized carbons (Fsp3) is 0. The first kappa shape index (κ1) is 4.70. The molecule has 0 unspecified atom stereocenters. The molecular weight excluding hydrogens is 80.1 g/mol. The molecule has 5 heavy (non-hydrogen) atoms. The molecule has 0 nitrogen and oxygen atoms in total. The summed E-state index contributed by atoms with van der Waals surface area (Å²) in [4.78, 5) is 0. The van der Waals surface area contributed by atoms with Gasteiger partial charge in [0, 0.05) is 0 Å². The Morgan fingerprint density at radius 2 is 2.20 bits per heavy atom. The molecule has 0 aliphatic rings. The van der Waals surface area contributed by atoms with Crippen LogP contribution in [0.2, 0.25) is 0 Å². The molecule has 28 valence electrons. The minimum Gasteiger partial charge on any atom is -0.806 e. The number of hydrogen-bond donors (Lipinski definition) is 0. The summed E-state index contributed by atoms with van der Waals surface area (Å²) in [5.74, 6) is 0. The maximum atomic E-state index is 4.86. The smallest absolute Gasteiger partial charge is 0.237 e. The van der Waals surface area contributed by atoms with Crippen LogP contribution in [0.15, 0.2) is 17.6 Å². The van der Waals surface area contributed by atoms with E-state index in [-0.39, 0.29) is 0 Å². The summed E-state index contributed by atoms with van der Waals surface area (Å²) in [6.07, 6.45) is 2.99.